The van der Waals surface area contributed by atoms with E-state index in [0.29, 0.717) is 0 Å². The van der Waals surface area contributed by atoms with Crippen LogP contribution in [-0.4, -0.2) is 42.2 Å². The van der Waals surface area contributed by atoms with E-state index in [1.54, 1.807) is 0 Å². The number of carbonyl (C=O) groups excluding carboxylic acids is 2. The minimum atomic E-state index is -1.31. The normalized spacial score (nSPS) is 23.1. The molecule has 1 rings (SSSR count). The van der Waals surface area contributed by atoms with Crippen LogP contribution in [-0.2, 0) is 9.59 Å². The quantitative estimate of drug-likeness (QED) is 0.410. The van der Waals surface area contributed by atoms with Crippen molar-refractivity contribution in [3.63, 3.8) is 0 Å². The van der Waals surface area contributed by atoms with Gasteiger partial charge in [-0.3, -0.25) is 9.59 Å². The summed E-state index contributed by atoms with van der Waals surface area (Å²) in [7, 11) is 0. The number of nitrogens with two attached hydrogens (primary N) is 1. The van der Waals surface area contributed by atoms with Crippen molar-refractivity contribution in [1.82, 2.24) is 10.6 Å². The van der Waals surface area contributed by atoms with Crippen LogP contribution in [0.3, 0.4) is 0 Å². The zero-order valence-electron chi connectivity index (χ0n) is 7.82. The first-order valence-electron chi connectivity index (χ1n) is 4.59. The van der Waals surface area contributed by atoms with E-state index >= 15 is 0 Å². The van der Waals surface area contributed by atoms with Crippen LogP contribution >= 0.6 is 0 Å². The molecule has 0 saturated carbocycles. The zero-order chi connectivity index (χ0) is 10.6. The van der Waals surface area contributed by atoms with E-state index in [1.165, 1.54) is 0 Å². The van der Waals surface area contributed by atoms with Crippen LogP contribution in [0.2, 0.25) is 0 Å². The molecule has 0 radical (unpaired) electrons. The topological polar surface area (TPSA) is 104 Å². The van der Waals surface area contributed by atoms with Crippen LogP contribution in [0.4, 0.5) is 0 Å². The molecular formula is C8H15N3O3. The van der Waals surface area contributed by atoms with E-state index in [0.717, 1.165) is 19.4 Å². The standard InChI is InChI=1S/C8H15N3O3/c9-7(13)6(12)4-11-8(14)5-2-1-3-10-5/h5-6,10,12H,1-4H2,(H2,9,13)(H,11,14). The number of carbonyl (C=O) groups is 2. The maximum atomic E-state index is 11.3. The molecule has 6 heteroatoms. The van der Waals surface area contributed by atoms with E-state index in [2.05, 4.69) is 10.6 Å². The molecule has 1 aliphatic heterocycles. The molecule has 1 saturated heterocycles. The highest BCUT2D eigenvalue weighted by Crippen LogP contribution is 2.04. The second-order valence-electron chi connectivity index (χ2n) is 3.31. The summed E-state index contributed by atoms with van der Waals surface area (Å²) in [4.78, 5) is 21.8. The van der Waals surface area contributed by atoms with Crippen molar-refractivity contribution < 1.29 is 14.7 Å². The van der Waals surface area contributed by atoms with Gasteiger partial charge in [0, 0.05) is 0 Å². The third kappa shape index (κ3) is 2.97. The number of hydrogen-bond donors (Lipinski definition) is 4. The molecule has 1 heterocycles. The molecule has 0 bridgehead atoms. The number of nitrogens with one attached hydrogen (secondary N) is 2. The van der Waals surface area contributed by atoms with Gasteiger partial charge in [0.15, 0.2) is 0 Å². The van der Waals surface area contributed by atoms with E-state index in [4.69, 9.17) is 10.8 Å². The van der Waals surface area contributed by atoms with Gasteiger partial charge in [0.2, 0.25) is 11.8 Å². The lowest BCUT2D eigenvalue weighted by Crippen LogP contribution is -2.46. The van der Waals surface area contributed by atoms with Crippen LogP contribution < -0.4 is 16.4 Å². The van der Waals surface area contributed by atoms with Crippen molar-refractivity contribution in [2.75, 3.05) is 13.1 Å². The fourth-order valence-corrected chi connectivity index (χ4v) is 1.33. The van der Waals surface area contributed by atoms with E-state index in [9.17, 15) is 9.59 Å². The van der Waals surface area contributed by atoms with Crippen molar-refractivity contribution in [3.05, 3.63) is 0 Å². The summed E-state index contributed by atoms with van der Waals surface area (Å²) in [5.41, 5.74) is 4.82. The number of hydrogen-bond acceptors (Lipinski definition) is 4. The average molecular weight is 201 g/mol. The summed E-state index contributed by atoms with van der Waals surface area (Å²) < 4.78 is 0. The van der Waals surface area contributed by atoms with E-state index in [1.807, 2.05) is 0 Å². The zero-order valence-corrected chi connectivity index (χ0v) is 7.82. The summed E-state index contributed by atoms with van der Waals surface area (Å²) in [6.07, 6.45) is 0.454. The minimum absolute atomic E-state index is 0.119. The van der Waals surface area contributed by atoms with Crippen molar-refractivity contribution in [2.24, 2.45) is 5.73 Å². The van der Waals surface area contributed by atoms with E-state index < -0.39 is 12.0 Å². The van der Waals surface area contributed by atoms with E-state index in [-0.39, 0.29) is 18.5 Å². The molecule has 6 nitrogen and oxygen atoms in total. The maximum absolute atomic E-state index is 11.3. The Labute approximate surface area is 81.8 Å². The Hall–Kier alpha value is -1.14. The van der Waals surface area contributed by atoms with Crippen LogP contribution in [0.15, 0.2) is 0 Å². The van der Waals surface area contributed by atoms with Gasteiger partial charge in [-0.05, 0) is 19.4 Å². The number of primary amides is 1. The number of aliphatic hydroxyl groups is 1. The number of amides is 2. The summed E-state index contributed by atoms with van der Waals surface area (Å²) >= 11 is 0. The molecule has 2 unspecified atom stereocenters. The van der Waals surface area contributed by atoms with Crippen molar-refractivity contribution >= 4 is 11.8 Å². The second kappa shape index (κ2) is 4.92. The lowest BCUT2D eigenvalue weighted by Gasteiger charge is -2.12. The Morgan fingerprint density at radius 1 is 1.64 bits per heavy atom. The van der Waals surface area contributed by atoms with Crippen molar-refractivity contribution in [1.29, 1.82) is 0 Å². The Morgan fingerprint density at radius 2 is 2.36 bits per heavy atom. The molecule has 1 fully saturated rings. The Kier molecular flexibility index (Phi) is 3.84. The molecule has 2 amide bonds. The largest absolute Gasteiger partial charge is 0.381 e. The molecule has 0 aromatic heterocycles. The van der Waals surface area contributed by atoms with Gasteiger partial charge in [-0.15, -0.1) is 0 Å². The average Bonchev–Trinajstić information content (AvgIpc) is 2.66. The third-order valence-corrected chi connectivity index (χ3v) is 2.17. The predicted octanol–water partition coefficient (Wildman–Crippen LogP) is -2.30. The molecule has 1 aliphatic rings. The van der Waals surface area contributed by atoms with Gasteiger partial charge in [0.25, 0.3) is 0 Å². The SMILES string of the molecule is NC(=O)C(O)CNC(=O)C1CCCN1. The van der Waals surface area contributed by atoms with Crippen LogP contribution in [0.1, 0.15) is 12.8 Å². The Bertz CT molecular complexity index is 226. The fourth-order valence-electron chi connectivity index (χ4n) is 1.33. The van der Waals surface area contributed by atoms with Crippen molar-refractivity contribution in [3.8, 4) is 0 Å². The van der Waals surface area contributed by atoms with Gasteiger partial charge in [-0.2, -0.15) is 0 Å². The number of rotatable bonds is 4. The molecule has 2 atom stereocenters. The lowest BCUT2D eigenvalue weighted by molar-refractivity contribution is -0.127. The first-order chi connectivity index (χ1) is 6.61. The molecule has 5 N–H and O–H groups in total. The smallest absolute Gasteiger partial charge is 0.248 e. The second-order valence-corrected chi connectivity index (χ2v) is 3.31. The molecule has 0 aromatic carbocycles. The van der Waals surface area contributed by atoms with Gasteiger partial charge >= 0.3 is 0 Å². The van der Waals surface area contributed by atoms with Crippen LogP contribution in [0, 0.1) is 0 Å². The highest BCUT2D eigenvalue weighted by atomic mass is 16.3. The fraction of sp³-hybridized carbons (Fsp3) is 0.750. The molecule has 0 spiro atoms. The summed E-state index contributed by atoms with van der Waals surface area (Å²) in [6.45, 7) is 0.711. The van der Waals surface area contributed by atoms with Gasteiger partial charge in [-0.1, -0.05) is 0 Å². The summed E-state index contributed by atoms with van der Waals surface area (Å²) in [5.74, 6) is -1.02. The first-order valence-corrected chi connectivity index (χ1v) is 4.59. The summed E-state index contributed by atoms with van der Waals surface area (Å²) in [5, 5.41) is 14.5. The monoisotopic (exact) mass is 201 g/mol. The molecule has 80 valence electrons. The highest BCUT2D eigenvalue weighted by Gasteiger charge is 2.22. The Morgan fingerprint density at radius 3 is 2.86 bits per heavy atom. The Balaban J connectivity index is 2.23. The molecule has 0 aromatic rings. The molecule has 0 aliphatic carbocycles. The van der Waals surface area contributed by atoms with Gasteiger partial charge in [-0.25, -0.2) is 0 Å². The van der Waals surface area contributed by atoms with Crippen LogP contribution in [0.5, 0.6) is 0 Å². The number of aliphatic hydroxyl groups excluding tert-OH is 1. The maximum Gasteiger partial charge on any atom is 0.248 e. The van der Waals surface area contributed by atoms with Gasteiger partial charge in [0.1, 0.15) is 6.10 Å². The lowest BCUT2D eigenvalue weighted by atomic mass is 10.2. The predicted molar refractivity (Wildman–Crippen MR) is 49.2 cm³/mol. The highest BCUT2D eigenvalue weighted by molar-refractivity contribution is 5.83. The van der Waals surface area contributed by atoms with Crippen molar-refractivity contribution in [2.45, 2.75) is 25.0 Å². The molecule has 14 heavy (non-hydrogen) atoms. The van der Waals surface area contributed by atoms with Gasteiger partial charge in [0.05, 0.1) is 12.6 Å². The minimum Gasteiger partial charge on any atom is -0.381 e. The first kappa shape index (κ1) is 10.9. The van der Waals surface area contributed by atoms with Gasteiger partial charge < -0.3 is 21.5 Å². The molecular weight excluding hydrogens is 186 g/mol. The summed E-state index contributed by atoms with van der Waals surface area (Å²) in [6, 6.07) is -0.199. The van der Waals surface area contributed by atoms with Crippen LogP contribution in [0.25, 0.3) is 0 Å². The third-order valence-electron chi connectivity index (χ3n) is 2.17.